The normalized spacial score (nSPS) is 12.4. The van der Waals surface area contributed by atoms with Crippen molar-refractivity contribution in [3.63, 3.8) is 0 Å². The first kappa shape index (κ1) is 13.3. The Morgan fingerprint density at radius 2 is 1.76 bits per heavy atom. The van der Waals surface area contributed by atoms with Crippen LogP contribution in [0.15, 0.2) is 30.3 Å². The maximum atomic E-state index is 12.3. The van der Waals surface area contributed by atoms with E-state index in [4.69, 9.17) is 4.74 Å². The molecule has 0 N–H and O–H groups in total. The average Bonchev–Trinajstić information content (AvgIpc) is 2.24. The third-order valence-electron chi connectivity index (χ3n) is 2.01. The van der Waals surface area contributed by atoms with Crippen LogP contribution in [0, 0.1) is 0 Å². The predicted octanol–water partition coefficient (Wildman–Crippen LogP) is 3.63. The largest absolute Gasteiger partial charge is 0.426 e. The third kappa shape index (κ3) is 3.62. The van der Waals surface area contributed by atoms with E-state index in [1.165, 1.54) is 25.1 Å². The highest BCUT2D eigenvalue weighted by molar-refractivity contribution is 5.76. The minimum atomic E-state index is -4.37. The summed E-state index contributed by atoms with van der Waals surface area (Å²) in [5.41, 5.74) is -0.310. The van der Waals surface area contributed by atoms with Crippen molar-refractivity contribution in [2.24, 2.45) is 0 Å². The van der Waals surface area contributed by atoms with Crippen LogP contribution in [0.25, 0.3) is 5.76 Å². The van der Waals surface area contributed by atoms with Crippen molar-refractivity contribution in [1.29, 1.82) is 0 Å². The van der Waals surface area contributed by atoms with Crippen LogP contribution in [0.4, 0.5) is 13.2 Å². The number of hydrogen-bond acceptors (Lipinski definition) is 2. The number of carbonyl (C=O) groups is 1. The molecule has 1 aromatic rings. The minimum Gasteiger partial charge on any atom is -0.426 e. The molecule has 1 aromatic carbocycles. The lowest BCUT2D eigenvalue weighted by molar-refractivity contribution is -0.137. The molecule has 1 rings (SSSR count). The molecule has 0 aliphatic rings. The molecule has 0 saturated carbocycles. The first-order valence-corrected chi connectivity index (χ1v) is 4.87. The molecule has 92 valence electrons. The lowest BCUT2D eigenvalue weighted by Crippen LogP contribution is -2.05. The van der Waals surface area contributed by atoms with Gasteiger partial charge in [-0.2, -0.15) is 13.2 Å². The van der Waals surface area contributed by atoms with Gasteiger partial charge in [-0.1, -0.05) is 12.1 Å². The van der Waals surface area contributed by atoms with E-state index in [0.29, 0.717) is 5.56 Å². The van der Waals surface area contributed by atoms with Gasteiger partial charge in [-0.25, -0.2) is 0 Å². The SMILES string of the molecule is C/C=C(\OC(C)=O)c1ccc(C(F)(F)F)cc1. The first-order valence-electron chi connectivity index (χ1n) is 4.87. The molecule has 0 unspecified atom stereocenters. The van der Waals surface area contributed by atoms with Crippen molar-refractivity contribution in [2.45, 2.75) is 20.0 Å². The van der Waals surface area contributed by atoms with E-state index in [1.807, 2.05) is 0 Å². The molecular formula is C12H11F3O2. The van der Waals surface area contributed by atoms with Gasteiger partial charge in [-0.15, -0.1) is 0 Å². The van der Waals surface area contributed by atoms with Crippen molar-refractivity contribution in [3.05, 3.63) is 41.5 Å². The van der Waals surface area contributed by atoms with Crippen LogP contribution in [-0.4, -0.2) is 5.97 Å². The molecule has 0 aliphatic heterocycles. The Bertz CT molecular complexity index is 430. The zero-order valence-corrected chi connectivity index (χ0v) is 9.34. The van der Waals surface area contributed by atoms with Crippen LogP contribution in [0.5, 0.6) is 0 Å². The molecule has 0 heterocycles. The molecule has 0 aromatic heterocycles. The summed E-state index contributed by atoms with van der Waals surface area (Å²) in [6, 6.07) is 4.42. The third-order valence-corrected chi connectivity index (χ3v) is 2.01. The number of alkyl halides is 3. The maximum Gasteiger partial charge on any atom is 0.416 e. The second kappa shape index (κ2) is 5.03. The summed E-state index contributed by atoms with van der Waals surface area (Å²) in [5.74, 6) is -0.274. The average molecular weight is 244 g/mol. The fraction of sp³-hybridized carbons (Fsp3) is 0.250. The van der Waals surface area contributed by atoms with Gasteiger partial charge in [0, 0.05) is 12.5 Å². The van der Waals surface area contributed by atoms with E-state index < -0.39 is 17.7 Å². The molecule has 0 fully saturated rings. The summed E-state index contributed by atoms with van der Waals surface area (Å²) in [6.07, 6.45) is -2.85. The quantitative estimate of drug-likeness (QED) is 0.586. The molecule has 0 amide bonds. The first-order chi connectivity index (χ1) is 7.84. The van der Waals surface area contributed by atoms with E-state index in [0.717, 1.165) is 12.1 Å². The van der Waals surface area contributed by atoms with Crippen molar-refractivity contribution < 1.29 is 22.7 Å². The Hall–Kier alpha value is -1.78. The number of benzene rings is 1. The Morgan fingerprint density at radius 3 is 2.12 bits per heavy atom. The minimum absolute atomic E-state index is 0.242. The summed E-state index contributed by atoms with van der Waals surface area (Å²) < 4.78 is 41.8. The molecule has 5 heteroatoms. The number of carbonyl (C=O) groups excluding carboxylic acids is 1. The van der Waals surface area contributed by atoms with E-state index in [-0.39, 0.29) is 5.76 Å². The van der Waals surface area contributed by atoms with Crippen LogP contribution >= 0.6 is 0 Å². The van der Waals surface area contributed by atoms with Gasteiger partial charge in [0.25, 0.3) is 0 Å². The van der Waals surface area contributed by atoms with Gasteiger partial charge >= 0.3 is 12.1 Å². The second-order valence-electron chi connectivity index (χ2n) is 3.32. The smallest absolute Gasteiger partial charge is 0.416 e. The summed E-state index contributed by atoms with van der Waals surface area (Å²) in [5, 5.41) is 0. The van der Waals surface area contributed by atoms with Gasteiger partial charge in [0.1, 0.15) is 5.76 Å². The highest BCUT2D eigenvalue weighted by Gasteiger charge is 2.30. The second-order valence-corrected chi connectivity index (χ2v) is 3.32. The van der Waals surface area contributed by atoms with E-state index in [1.54, 1.807) is 6.92 Å². The van der Waals surface area contributed by atoms with Crippen LogP contribution < -0.4 is 0 Å². The molecule has 17 heavy (non-hydrogen) atoms. The van der Waals surface area contributed by atoms with Crippen LogP contribution in [0.3, 0.4) is 0 Å². The van der Waals surface area contributed by atoms with E-state index >= 15 is 0 Å². The fourth-order valence-electron chi connectivity index (χ4n) is 1.26. The van der Waals surface area contributed by atoms with Crippen LogP contribution in [0.2, 0.25) is 0 Å². The zero-order valence-electron chi connectivity index (χ0n) is 9.34. The summed E-state index contributed by atoms with van der Waals surface area (Å²) in [4.78, 5) is 10.8. The number of halogens is 3. The highest BCUT2D eigenvalue weighted by Crippen LogP contribution is 2.30. The molecule has 2 nitrogen and oxygen atoms in total. The number of hydrogen-bond donors (Lipinski definition) is 0. The fourth-order valence-corrected chi connectivity index (χ4v) is 1.26. The van der Waals surface area contributed by atoms with Gasteiger partial charge in [0.05, 0.1) is 5.56 Å². The van der Waals surface area contributed by atoms with E-state index in [9.17, 15) is 18.0 Å². The van der Waals surface area contributed by atoms with Crippen molar-refractivity contribution in [3.8, 4) is 0 Å². The number of ether oxygens (including phenoxy) is 1. The monoisotopic (exact) mass is 244 g/mol. The van der Waals surface area contributed by atoms with Crippen molar-refractivity contribution in [1.82, 2.24) is 0 Å². The molecule has 0 spiro atoms. The predicted molar refractivity (Wildman–Crippen MR) is 56.9 cm³/mol. The summed E-state index contributed by atoms with van der Waals surface area (Å²) in [7, 11) is 0. The highest BCUT2D eigenvalue weighted by atomic mass is 19.4. The van der Waals surface area contributed by atoms with Gasteiger partial charge < -0.3 is 4.74 Å². The molecule has 0 atom stereocenters. The summed E-state index contributed by atoms with van der Waals surface area (Å²) in [6.45, 7) is 2.86. The van der Waals surface area contributed by atoms with E-state index in [2.05, 4.69) is 0 Å². The number of esters is 1. The van der Waals surface area contributed by atoms with Crippen LogP contribution in [-0.2, 0) is 15.7 Å². The van der Waals surface area contributed by atoms with Gasteiger partial charge in [-0.3, -0.25) is 4.79 Å². The molecule has 0 saturated heterocycles. The topological polar surface area (TPSA) is 26.3 Å². The molecule has 0 aliphatic carbocycles. The van der Waals surface area contributed by atoms with Crippen molar-refractivity contribution >= 4 is 11.7 Å². The summed E-state index contributed by atoms with van der Waals surface area (Å²) >= 11 is 0. The standard InChI is InChI=1S/C12H11F3O2/c1-3-11(17-8(2)16)9-4-6-10(7-5-9)12(13,14)15/h3-7H,1-2H3/b11-3-. The Kier molecular flexibility index (Phi) is 3.93. The van der Waals surface area contributed by atoms with Crippen molar-refractivity contribution in [2.75, 3.05) is 0 Å². The Morgan fingerprint density at radius 1 is 1.24 bits per heavy atom. The molecular weight excluding hydrogens is 233 g/mol. The number of rotatable bonds is 2. The number of allylic oxidation sites excluding steroid dienone is 1. The molecule has 0 bridgehead atoms. The van der Waals surface area contributed by atoms with Gasteiger partial charge in [0.2, 0.25) is 0 Å². The lowest BCUT2D eigenvalue weighted by atomic mass is 10.1. The van der Waals surface area contributed by atoms with Gasteiger partial charge in [-0.05, 0) is 25.1 Å². The Labute approximate surface area is 96.7 Å². The Balaban J connectivity index is 2.98. The molecule has 0 radical (unpaired) electrons. The lowest BCUT2D eigenvalue weighted by Gasteiger charge is -2.09. The zero-order chi connectivity index (χ0) is 13.1. The maximum absolute atomic E-state index is 12.3. The van der Waals surface area contributed by atoms with Gasteiger partial charge in [0.15, 0.2) is 0 Å². The van der Waals surface area contributed by atoms with Crippen LogP contribution in [0.1, 0.15) is 25.0 Å².